The molecule has 0 saturated heterocycles. The Labute approximate surface area is 113 Å². The summed E-state index contributed by atoms with van der Waals surface area (Å²) in [6.45, 7) is 2.33. The zero-order chi connectivity index (χ0) is 14.1. The van der Waals surface area contributed by atoms with Crippen LogP contribution in [0.4, 0.5) is 0 Å². The molecule has 1 aromatic rings. The van der Waals surface area contributed by atoms with Crippen molar-refractivity contribution in [2.24, 2.45) is 0 Å². The van der Waals surface area contributed by atoms with Crippen molar-refractivity contribution in [2.45, 2.75) is 25.5 Å². The SMILES string of the molecule is CCC(NC[C@H](O)COc1ccccc1)C(=O)OC. The van der Waals surface area contributed by atoms with Gasteiger partial charge in [0.25, 0.3) is 0 Å². The van der Waals surface area contributed by atoms with E-state index in [1.807, 2.05) is 37.3 Å². The zero-order valence-electron chi connectivity index (χ0n) is 11.3. The van der Waals surface area contributed by atoms with E-state index in [4.69, 9.17) is 4.74 Å². The summed E-state index contributed by atoms with van der Waals surface area (Å²) >= 11 is 0. The van der Waals surface area contributed by atoms with Crippen LogP contribution in [0, 0.1) is 0 Å². The molecule has 106 valence electrons. The molecule has 19 heavy (non-hydrogen) atoms. The van der Waals surface area contributed by atoms with E-state index >= 15 is 0 Å². The van der Waals surface area contributed by atoms with Crippen LogP contribution in [0.5, 0.6) is 5.75 Å². The van der Waals surface area contributed by atoms with Crippen molar-refractivity contribution in [1.29, 1.82) is 0 Å². The van der Waals surface area contributed by atoms with Crippen LogP contribution in [0.1, 0.15) is 13.3 Å². The number of aliphatic hydroxyl groups is 1. The largest absolute Gasteiger partial charge is 0.491 e. The van der Waals surface area contributed by atoms with Gasteiger partial charge in [0.1, 0.15) is 24.5 Å². The van der Waals surface area contributed by atoms with Crippen LogP contribution in [0.25, 0.3) is 0 Å². The number of rotatable bonds is 8. The smallest absolute Gasteiger partial charge is 0.322 e. The predicted molar refractivity (Wildman–Crippen MR) is 72.0 cm³/mol. The van der Waals surface area contributed by atoms with Crippen LogP contribution < -0.4 is 10.1 Å². The first-order valence-electron chi connectivity index (χ1n) is 6.34. The van der Waals surface area contributed by atoms with Gasteiger partial charge in [-0.2, -0.15) is 0 Å². The molecule has 0 saturated carbocycles. The molecule has 1 unspecified atom stereocenters. The minimum absolute atomic E-state index is 0.175. The topological polar surface area (TPSA) is 67.8 Å². The maximum absolute atomic E-state index is 11.3. The molecule has 0 radical (unpaired) electrons. The molecule has 0 aliphatic rings. The Kier molecular flexibility index (Phi) is 6.92. The van der Waals surface area contributed by atoms with Crippen molar-refractivity contribution in [2.75, 3.05) is 20.3 Å². The molecule has 2 N–H and O–H groups in total. The third kappa shape index (κ3) is 5.72. The van der Waals surface area contributed by atoms with Gasteiger partial charge in [0.15, 0.2) is 0 Å². The summed E-state index contributed by atoms with van der Waals surface area (Å²) in [5, 5.41) is 12.7. The van der Waals surface area contributed by atoms with E-state index in [0.29, 0.717) is 12.2 Å². The predicted octanol–water partition coefficient (Wildman–Crippen LogP) is 0.967. The van der Waals surface area contributed by atoms with E-state index < -0.39 is 12.1 Å². The summed E-state index contributed by atoms with van der Waals surface area (Å²) < 4.78 is 10.1. The second-order valence-electron chi connectivity index (χ2n) is 4.17. The van der Waals surface area contributed by atoms with E-state index in [9.17, 15) is 9.90 Å². The van der Waals surface area contributed by atoms with E-state index in [-0.39, 0.29) is 19.1 Å². The molecular formula is C14H21NO4. The van der Waals surface area contributed by atoms with Crippen LogP contribution in [-0.2, 0) is 9.53 Å². The molecule has 1 rings (SSSR count). The van der Waals surface area contributed by atoms with Gasteiger partial charge in [-0.05, 0) is 18.6 Å². The maximum Gasteiger partial charge on any atom is 0.322 e. The van der Waals surface area contributed by atoms with E-state index in [1.54, 1.807) is 0 Å². The summed E-state index contributed by atoms with van der Waals surface area (Å²) in [7, 11) is 1.35. The first kappa shape index (κ1) is 15.5. The van der Waals surface area contributed by atoms with E-state index in [2.05, 4.69) is 10.1 Å². The van der Waals surface area contributed by atoms with Gasteiger partial charge in [-0.3, -0.25) is 4.79 Å². The molecule has 0 spiro atoms. The second-order valence-corrected chi connectivity index (χ2v) is 4.17. The molecule has 2 atom stereocenters. The number of ether oxygens (including phenoxy) is 2. The summed E-state index contributed by atoms with van der Waals surface area (Å²) in [5.74, 6) is 0.389. The van der Waals surface area contributed by atoms with Gasteiger partial charge < -0.3 is 19.9 Å². The number of methoxy groups -OCH3 is 1. The lowest BCUT2D eigenvalue weighted by atomic mass is 10.2. The third-order valence-electron chi connectivity index (χ3n) is 2.68. The average molecular weight is 267 g/mol. The minimum Gasteiger partial charge on any atom is -0.491 e. The van der Waals surface area contributed by atoms with E-state index in [0.717, 1.165) is 0 Å². The summed E-state index contributed by atoms with van der Waals surface area (Å²) in [4.78, 5) is 11.3. The van der Waals surface area contributed by atoms with Gasteiger partial charge in [0, 0.05) is 6.54 Å². The first-order valence-corrected chi connectivity index (χ1v) is 6.34. The Morgan fingerprint density at radius 1 is 1.37 bits per heavy atom. The molecule has 0 amide bonds. The maximum atomic E-state index is 11.3. The Hall–Kier alpha value is -1.59. The number of carbonyl (C=O) groups excluding carboxylic acids is 1. The van der Waals surface area contributed by atoms with Gasteiger partial charge >= 0.3 is 5.97 Å². The monoisotopic (exact) mass is 267 g/mol. The van der Waals surface area contributed by atoms with Crippen molar-refractivity contribution in [3.63, 3.8) is 0 Å². The molecule has 0 heterocycles. The van der Waals surface area contributed by atoms with Crippen LogP contribution in [0.2, 0.25) is 0 Å². The molecule has 5 heteroatoms. The zero-order valence-corrected chi connectivity index (χ0v) is 11.3. The van der Waals surface area contributed by atoms with Crippen molar-refractivity contribution in [1.82, 2.24) is 5.32 Å². The highest BCUT2D eigenvalue weighted by atomic mass is 16.5. The molecule has 0 aliphatic heterocycles. The molecule has 0 aliphatic carbocycles. The number of esters is 1. The lowest BCUT2D eigenvalue weighted by molar-refractivity contribution is -0.143. The number of para-hydroxylation sites is 1. The minimum atomic E-state index is -0.682. The fourth-order valence-corrected chi connectivity index (χ4v) is 1.58. The lowest BCUT2D eigenvalue weighted by Gasteiger charge is -2.17. The van der Waals surface area contributed by atoms with Crippen molar-refractivity contribution in [3.05, 3.63) is 30.3 Å². The molecule has 0 aromatic heterocycles. The number of benzene rings is 1. The second kappa shape index (κ2) is 8.50. The van der Waals surface area contributed by atoms with Crippen LogP contribution in [0.3, 0.4) is 0 Å². The molecular weight excluding hydrogens is 246 g/mol. The summed E-state index contributed by atoms with van der Waals surface area (Å²) in [6.07, 6.45) is -0.0715. The average Bonchev–Trinajstić information content (AvgIpc) is 2.46. The van der Waals surface area contributed by atoms with Gasteiger partial charge in [-0.1, -0.05) is 25.1 Å². The number of aliphatic hydroxyl groups excluding tert-OH is 1. The fraction of sp³-hybridized carbons (Fsp3) is 0.500. The molecule has 0 bridgehead atoms. The van der Waals surface area contributed by atoms with Crippen LogP contribution in [0.15, 0.2) is 30.3 Å². The standard InChI is InChI=1S/C14H21NO4/c1-3-13(14(17)18-2)15-9-11(16)10-19-12-7-5-4-6-8-12/h4-8,11,13,15-16H,3,9-10H2,1-2H3/t11-,13?/m0/s1. The Morgan fingerprint density at radius 2 is 2.05 bits per heavy atom. The third-order valence-corrected chi connectivity index (χ3v) is 2.68. The quantitative estimate of drug-likeness (QED) is 0.687. The fourth-order valence-electron chi connectivity index (χ4n) is 1.58. The van der Waals surface area contributed by atoms with E-state index in [1.165, 1.54) is 7.11 Å². The Balaban J connectivity index is 2.27. The van der Waals surface area contributed by atoms with Crippen molar-refractivity contribution >= 4 is 5.97 Å². The highest BCUT2D eigenvalue weighted by Crippen LogP contribution is 2.08. The molecule has 0 fully saturated rings. The summed E-state index contributed by atoms with van der Waals surface area (Å²) in [5.41, 5.74) is 0. The lowest BCUT2D eigenvalue weighted by Crippen LogP contribution is -2.42. The summed E-state index contributed by atoms with van der Waals surface area (Å²) in [6, 6.07) is 8.88. The number of hydrogen-bond acceptors (Lipinski definition) is 5. The first-order chi connectivity index (χ1) is 9.17. The number of carbonyl (C=O) groups is 1. The molecule has 1 aromatic carbocycles. The normalized spacial score (nSPS) is 13.6. The molecule has 5 nitrogen and oxygen atoms in total. The van der Waals surface area contributed by atoms with Crippen molar-refractivity contribution < 1.29 is 19.4 Å². The van der Waals surface area contributed by atoms with Gasteiger partial charge in [0.2, 0.25) is 0 Å². The van der Waals surface area contributed by atoms with Gasteiger partial charge in [-0.25, -0.2) is 0 Å². The van der Waals surface area contributed by atoms with Gasteiger partial charge in [0.05, 0.1) is 7.11 Å². The number of nitrogens with one attached hydrogen (secondary N) is 1. The highest BCUT2D eigenvalue weighted by molar-refractivity contribution is 5.75. The number of hydrogen-bond donors (Lipinski definition) is 2. The van der Waals surface area contributed by atoms with Gasteiger partial charge in [-0.15, -0.1) is 0 Å². The highest BCUT2D eigenvalue weighted by Gasteiger charge is 2.17. The van der Waals surface area contributed by atoms with Crippen molar-refractivity contribution in [3.8, 4) is 5.75 Å². The Morgan fingerprint density at radius 3 is 2.63 bits per heavy atom. The Bertz CT molecular complexity index is 369. The van der Waals surface area contributed by atoms with Crippen LogP contribution >= 0.6 is 0 Å². The van der Waals surface area contributed by atoms with Crippen LogP contribution in [-0.4, -0.2) is 43.5 Å².